The molecular weight excluding hydrogens is 414 g/mol. The predicted octanol–water partition coefficient (Wildman–Crippen LogP) is 3.53. The highest BCUT2D eigenvalue weighted by Gasteiger charge is 2.26. The Morgan fingerprint density at radius 1 is 1.00 bits per heavy atom. The topological polar surface area (TPSA) is 70.5 Å². The first kappa shape index (κ1) is 21.5. The lowest BCUT2D eigenvalue weighted by Crippen LogP contribution is -2.54. The van der Waals surface area contributed by atoms with Gasteiger partial charge in [0.15, 0.2) is 5.82 Å². The number of benzene rings is 2. The number of anilines is 1. The third-order valence-electron chi connectivity index (χ3n) is 6.85. The molecule has 0 spiro atoms. The van der Waals surface area contributed by atoms with Crippen LogP contribution in [0.2, 0.25) is 0 Å². The number of carbonyl (C=O) groups excluding carboxylic acids is 1. The van der Waals surface area contributed by atoms with E-state index < -0.39 is 0 Å². The summed E-state index contributed by atoms with van der Waals surface area (Å²) in [5.41, 5.74) is 3.83. The molecule has 2 amide bonds. The van der Waals surface area contributed by atoms with Gasteiger partial charge in [-0.1, -0.05) is 54.8 Å². The van der Waals surface area contributed by atoms with Gasteiger partial charge in [-0.05, 0) is 37.5 Å². The monoisotopic (exact) mass is 445 g/mol. The number of aromatic nitrogens is 2. The zero-order valence-electron chi connectivity index (χ0n) is 19.2. The molecule has 3 aromatic rings. The summed E-state index contributed by atoms with van der Waals surface area (Å²) in [5, 5.41) is 3.17. The zero-order chi connectivity index (χ0) is 22.8. The smallest absolute Gasteiger partial charge is 0.317 e. The summed E-state index contributed by atoms with van der Waals surface area (Å²) in [5.74, 6) is 0.469. The summed E-state index contributed by atoms with van der Waals surface area (Å²) in [6.07, 6.45) is 4.54. The average Bonchev–Trinajstić information content (AvgIpc) is 3.35. The van der Waals surface area contributed by atoms with Crippen LogP contribution in [0.5, 0.6) is 0 Å². The lowest BCUT2D eigenvalue weighted by molar-refractivity contribution is 0.190. The summed E-state index contributed by atoms with van der Waals surface area (Å²) < 4.78 is 1.82. The second-order valence-corrected chi connectivity index (χ2v) is 9.21. The normalized spacial score (nSPS) is 17.0. The summed E-state index contributed by atoms with van der Waals surface area (Å²) >= 11 is 0. The molecule has 2 fully saturated rings. The minimum absolute atomic E-state index is 0.0183. The molecule has 2 aromatic carbocycles. The van der Waals surface area contributed by atoms with Crippen molar-refractivity contribution in [2.75, 3.05) is 31.1 Å². The van der Waals surface area contributed by atoms with E-state index in [1.54, 1.807) is 0 Å². The second kappa shape index (κ2) is 9.25. The molecule has 0 radical (unpaired) electrons. The molecule has 1 aliphatic heterocycles. The Bertz CT molecular complexity index is 1190. The van der Waals surface area contributed by atoms with E-state index in [1.165, 1.54) is 18.4 Å². The molecule has 33 heavy (non-hydrogen) atoms. The van der Waals surface area contributed by atoms with Crippen molar-refractivity contribution in [1.29, 1.82) is 0 Å². The first-order valence-electron chi connectivity index (χ1n) is 11.9. The minimum Gasteiger partial charge on any atom is -0.348 e. The molecule has 2 aliphatic rings. The minimum atomic E-state index is -0.0851. The third-order valence-corrected chi connectivity index (χ3v) is 6.85. The van der Waals surface area contributed by atoms with Gasteiger partial charge in [-0.2, -0.15) is 0 Å². The molecule has 5 rings (SSSR count). The number of amides is 2. The molecule has 2 heterocycles. The van der Waals surface area contributed by atoms with Gasteiger partial charge < -0.3 is 15.1 Å². The SMILES string of the molecule is Cc1ccc(Cn2c(=O)c(N3CCN(C(=O)NC4CCCC4)CC3)nc3ccccc32)cc1. The number of carbonyl (C=O) groups is 1. The molecule has 1 saturated heterocycles. The number of nitrogens with one attached hydrogen (secondary N) is 1. The molecule has 1 aliphatic carbocycles. The van der Waals surface area contributed by atoms with Gasteiger partial charge in [-0.25, -0.2) is 9.78 Å². The second-order valence-electron chi connectivity index (χ2n) is 9.21. The van der Waals surface area contributed by atoms with Crippen molar-refractivity contribution >= 4 is 22.9 Å². The summed E-state index contributed by atoms with van der Waals surface area (Å²) in [4.78, 5) is 34.8. The molecule has 0 unspecified atom stereocenters. The maximum Gasteiger partial charge on any atom is 0.317 e. The van der Waals surface area contributed by atoms with E-state index in [2.05, 4.69) is 36.5 Å². The van der Waals surface area contributed by atoms with Crippen LogP contribution in [-0.2, 0) is 6.54 Å². The Kier molecular flexibility index (Phi) is 6.03. The van der Waals surface area contributed by atoms with Crippen molar-refractivity contribution in [3.63, 3.8) is 0 Å². The fraction of sp³-hybridized carbons (Fsp3) is 0.423. The number of para-hydroxylation sites is 2. The standard InChI is InChI=1S/C26H31N5O2/c1-19-10-12-20(13-11-19)18-31-23-9-5-4-8-22(23)28-24(25(31)32)29-14-16-30(17-15-29)26(33)27-21-6-2-3-7-21/h4-5,8-13,21H,2-3,6-7,14-18H2,1H3,(H,27,33). The Morgan fingerprint density at radius 3 is 2.42 bits per heavy atom. The number of urea groups is 1. The molecule has 0 atom stereocenters. The lowest BCUT2D eigenvalue weighted by atomic mass is 10.1. The van der Waals surface area contributed by atoms with Crippen molar-refractivity contribution < 1.29 is 4.79 Å². The van der Waals surface area contributed by atoms with E-state index in [4.69, 9.17) is 4.98 Å². The van der Waals surface area contributed by atoms with Gasteiger partial charge in [-0.15, -0.1) is 0 Å². The highest BCUT2D eigenvalue weighted by Crippen LogP contribution is 2.19. The Labute approximate surface area is 194 Å². The number of rotatable bonds is 4. The largest absolute Gasteiger partial charge is 0.348 e. The maximum atomic E-state index is 13.6. The molecule has 0 bridgehead atoms. The molecule has 172 valence electrons. The van der Waals surface area contributed by atoms with E-state index in [0.29, 0.717) is 44.6 Å². The first-order chi connectivity index (χ1) is 16.1. The van der Waals surface area contributed by atoms with E-state index >= 15 is 0 Å². The fourth-order valence-electron chi connectivity index (χ4n) is 4.88. The van der Waals surface area contributed by atoms with Crippen LogP contribution in [0.3, 0.4) is 0 Å². The van der Waals surface area contributed by atoms with Crippen LogP contribution in [-0.4, -0.2) is 52.7 Å². The fourth-order valence-corrected chi connectivity index (χ4v) is 4.88. The van der Waals surface area contributed by atoms with Crippen molar-refractivity contribution in [2.24, 2.45) is 0 Å². The number of piperazine rings is 1. The van der Waals surface area contributed by atoms with Crippen molar-refractivity contribution in [3.8, 4) is 0 Å². The van der Waals surface area contributed by atoms with Crippen molar-refractivity contribution in [3.05, 3.63) is 70.0 Å². The molecule has 1 N–H and O–H groups in total. The van der Waals surface area contributed by atoms with Crippen LogP contribution in [0.15, 0.2) is 53.3 Å². The Hall–Kier alpha value is -3.35. The van der Waals surface area contributed by atoms with Gasteiger partial charge in [0.25, 0.3) is 5.56 Å². The summed E-state index contributed by atoms with van der Waals surface area (Å²) in [7, 11) is 0. The molecule has 7 heteroatoms. The number of hydrogen-bond donors (Lipinski definition) is 1. The summed E-state index contributed by atoms with van der Waals surface area (Å²) in [6, 6.07) is 16.4. The third kappa shape index (κ3) is 4.58. The van der Waals surface area contributed by atoms with E-state index in [0.717, 1.165) is 29.4 Å². The van der Waals surface area contributed by atoms with Gasteiger partial charge in [-0.3, -0.25) is 9.36 Å². The zero-order valence-corrected chi connectivity index (χ0v) is 19.2. The Balaban J connectivity index is 1.37. The highest BCUT2D eigenvalue weighted by molar-refractivity contribution is 5.77. The van der Waals surface area contributed by atoms with Crippen molar-refractivity contribution in [1.82, 2.24) is 19.8 Å². The number of nitrogens with zero attached hydrogens (tertiary/aromatic N) is 4. The first-order valence-corrected chi connectivity index (χ1v) is 11.9. The predicted molar refractivity (Wildman–Crippen MR) is 131 cm³/mol. The highest BCUT2D eigenvalue weighted by atomic mass is 16.2. The van der Waals surface area contributed by atoms with E-state index in [-0.39, 0.29) is 11.6 Å². The Morgan fingerprint density at radius 2 is 1.70 bits per heavy atom. The van der Waals surface area contributed by atoms with Gasteiger partial charge in [0.1, 0.15) is 0 Å². The quantitative estimate of drug-likeness (QED) is 0.667. The van der Waals surface area contributed by atoms with E-state index in [1.807, 2.05) is 38.6 Å². The molecular formula is C26H31N5O2. The maximum absolute atomic E-state index is 13.6. The van der Waals surface area contributed by atoms with E-state index in [9.17, 15) is 9.59 Å². The van der Waals surface area contributed by atoms with Crippen LogP contribution >= 0.6 is 0 Å². The van der Waals surface area contributed by atoms with Gasteiger partial charge in [0.05, 0.1) is 17.6 Å². The number of aryl methyl sites for hydroxylation is 1. The number of fused-ring (bicyclic) bond motifs is 1. The lowest BCUT2D eigenvalue weighted by Gasteiger charge is -2.35. The van der Waals surface area contributed by atoms with Crippen LogP contribution < -0.4 is 15.8 Å². The van der Waals surface area contributed by atoms with Crippen LogP contribution in [0.1, 0.15) is 36.8 Å². The van der Waals surface area contributed by atoms with Crippen molar-refractivity contribution in [2.45, 2.75) is 45.2 Å². The van der Waals surface area contributed by atoms with Crippen LogP contribution in [0.4, 0.5) is 10.6 Å². The van der Waals surface area contributed by atoms with Gasteiger partial charge in [0, 0.05) is 32.2 Å². The number of hydrogen-bond acceptors (Lipinski definition) is 4. The molecule has 7 nitrogen and oxygen atoms in total. The van der Waals surface area contributed by atoms with Gasteiger partial charge >= 0.3 is 6.03 Å². The molecule has 1 aromatic heterocycles. The summed E-state index contributed by atoms with van der Waals surface area (Å²) in [6.45, 7) is 4.93. The van der Waals surface area contributed by atoms with Crippen LogP contribution in [0.25, 0.3) is 11.0 Å². The van der Waals surface area contributed by atoms with Gasteiger partial charge in [0.2, 0.25) is 0 Å². The molecule has 1 saturated carbocycles. The van der Waals surface area contributed by atoms with Crippen LogP contribution in [0, 0.1) is 6.92 Å². The average molecular weight is 446 g/mol.